The summed E-state index contributed by atoms with van der Waals surface area (Å²) >= 11 is 0. The third-order valence-corrected chi connectivity index (χ3v) is 6.93. The average molecular weight is 408 g/mol. The van der Waals surface area contributed by atoms with Crippen molar-refractivity contribution in [2.75, 3.05) is 13.2 Å². The highest BCUT2D eigenvalue weighted by Crippen LogP contribution is 2.47. The molecule has 1 saturated carbocycles. The van der Waals surface area contributed by atoms with E-state index in [1.165, 1.54) is 16.0 Å². The molecule has 5 heteroatoms. The number of nitrogens with zero attached hydrogens (tertiary/aromatic N) is 1. The van der Waals surface area contributed by atoms with Crippen LogP contribution in [0.5, 0.6) is 0 Å². The van der Waals surface area contributed by atoms with Crippen LogP contribution in [0.25, 0.3) is 11.1 Å². The molecule has 5 nitrogen and oxygen atoms in total. The molecule has 0 aromatic heterocycles. The van der Waals surface area contributed by atoms with Crippen molar-refractivity contribution in [3.8, 4) is 11.1 Å². The Morgan fingerprint density at radius 3 is 2.07 bits per heavy atom. The van der Waals surface area contributed by atoms with E-state index in [0.717, 1.165) is 11.1 Å². The van der Waals surface area contributed by atoms with Gasteiger partial charge in [-0.05, 0) is 53.9 Å². The Hall–Kier alpha value is -2.82. The number of hydrogen-bond donors (Lipinski definition) is 1. The largest absolute Gasteiger partial charge is 0.479 e. The number of likely N-dealkylation sites (N-methyl/N-ethyl adjacent to an activating group) is 1. The van der Waals surface area contributed by atoms with Crippen LogP contribution in [-0.2, 0) is 9.53 Å². The highest BCUT2D eigenvalue weighted by atomic mass is 16.6. The Morgan fingerprint density at radius 2 is 1.60 bits per heavy atom. The summed E-state index contributed by atoms with van der Waals surface area (Å²) in [6.45, 7) is 6.52. The number of aliphatic carboxylic acids is 1. The van der Waals surface area contributed by atoms with E-state index in [1.807, 2.05) is 31.2 Å². The fraction of sp³-hybridized carbons (Fsp3) is 0.440. The maximum absolute atomic E-state index is 13.0. The molecule has 2 aromatic carbocycles. The number of carboxylic acid groups (broad SMARTS) is 1. The Morgan fingerprint density at radius 1 is 1.07 bits per heavy atom. The normalized spacial score (nSPS) is 22.2. The van der Waals surface area contributed by atoms with Crippen LogP contribution in [0.1, 0.15) is 50.7 Å². The molecule has 0 unspecified atom stereocenters. The first-order chi connectivity index (χ1) is 14.4. The number of hydrogen-bond acceptors (Lipinski definition) is 3. The molecule has 2 aliphatic rings. The van der Waals surface area contributed by atoms with E-state index >= 15 is 0 Å². The number of benzene rings is 2. The quantitative estimate of drug-likeness (QED) is 0.719. The summed E-state index contributed by atoms with van der Waals surface area (Å²) in [5.41, 5.74) is 3.48. The van der Waals surface area contributed by atoms with Crippen LogP contribution in [0.2, 0.25) is 0 Å². The van der Waals surface area contributed by atoms with Crippen LogP contribution in [0.4, 0.5) is 4.79 Å². The number of carboxylic acids is 1. The number of ether oxygens (including phenoxy) is 1. The molecule has 0 atom stereocenters. The molecule has 0 spiro atoms. The minimum atomic E-state index is -1.15. The molecule has 158 valence electrons. The zero-order valence-electron chi connectivity index (χ0n) is 17.8. The van der Waals surface area contributed by atoms with Crippen LogP contribution >= 0.6 is 0 Å². The summed E-state index contributed by atoms with van der Waals surface area (Å²) in [5, 5.41) is 9.92. The second-order valence-corrected chi connectivity index (χ2v) is 8.80. The molecule has 0 radical (unpaired) electrons. The molecule has 1 fully saturated rings. The van der Waals surface area contributed by atoms with E-state index in [-0.39, 0.29) is 12.5 Å². The van der Waals surface area contributed by atoms with Crippen molar-refractivity contribution in [2.24, 2.45) is 11.8 Å². The highest BCUT2D eigenvalue weighted by molar-refractivity contribution is 5.86. The maximum Gasteiger partial charge on any atom is 0.410 e. The predicted octanol–water partition coefficient (Wildman–Crippen LogP) is 5.15. The lowest BCUT2D eigenvalue weighted by Gasteiger charge is -2.51. The van der Waals surface area contributed by atoms with Crippen LogP contribution in [0, 0.1) is 11.8 Å². The van der Waals surface area contributed by atoms with Gasteiger partial charge < -0.3 is 9.84 Å². The summed E-state index contributed by atoms with van der Waals surface area (Å²) < 4.78 is 5.74. The molecule has 30 heavy (non-hydrogen) atoms. The number of fused-ring (bicyclic) bond motifs is 3. The molecule has 2 aromatic rings. The summed E-state index contributed by atoms with van der Waals surface area (Å²) in [4.78, 5) is 26.5. The maximum atomic E-state index is 13.0. The minimum absolute atomic E-state index is 0.0364. The molecule has 0 bridgehead atoms. The van der Waals surface area contributed by atoms with Gasteiger partial charge in [-0.1, -0.05) is 62.4 Å². The Balaban J connectivity index is 1.52. The third-order valence-electron chi connectivity index (χ3n) is 6.93. The molecule has 0 saturated heterocycles. The number of carbonyl (C=O) groups is 2. The molecular formula is C25H29NO4. The summed E-state index contributed by atoms with van der Waals surface area (Å²) in [6.07, 6.45) is 0.430. The Kier molecular flexibility index (Phi) is 5.31. The Labute approximate surface area is 177 Å². The van der Waals surface area contributed by atoms with Crippen LogP contribution in [0.3, 0.4) is 0 Å². The standard InChI is InChI=1S/C25H29NO4/c1-4-26(25(23(27)28)13-17(14-25)16(2)3)24(29)30-15-22-20-11-7-5-9-18(20)19-10-6-8-12-21(19)22/h5-12,16-17,22H,4,13-15H2,1-3H3,(H,27,28). The number of amides is 1. The first-order valence-corrected chi connectivity index (χ1v) is 10.7. The van der Waals surface area contributed by atoms with Gasteiger partial charge in [0.25, 0.3) is 0 Å². The van der Waals surface area contributed by atoms with Gasteiger partial charge in [-0.25, -0.2) is 9.59 Å². The lowest BCUT2D eigenvalue weighted by atomic mass is 9.63. The first-order valence-electron chi connectivity index (χ1n) is 10.7. The predicted molar refractivity (Wildman–Crippen MR) is 115 cm³/mol. The van der Waals surface area contributed by atoms with Gasteiger partial charge in [-0.2, -0.15) is 0 Å². The lowest BCUT2D eigenvalue weighted by molar-refractivity contribution is -0.162. The van der Waals surface area contributed by atoms with Gasteiger partial charge in [-0.3, -0.25) is 4.90 Å². The minimum Gasteiger partial charge on any atom is -0.479 e. The topological polar surface area (TPSA) is 66.8 Å². The monoisotopic (exact) mass is 407 g/mol. The molecule has 0 aliphatic heterocycles. The SMILES string of the molecule is CCN(C(=O)OCC1c2ccccc2-c2ccccc21)C1(C(=O)O)CC(C(C)C)C1. The van der Waals surface area contributed by atoms with Crippen molar-refractivity contribution < 1.29 is 19.4 Å². The molecule has 1 N–H and O–H groups in total. The zero-order chi connectivity index (χ0) is 21.5. The molecule has 1 amide bonds. The first kappa shape index (κ1) is 20.5. The molecule has 0 heterocycles. The van der Waals surface area contributed by atoms with Gasteiger partial charge in [0, 0.05) is 12.5 Å². The summed E-state index contributed by atoms with van der Waals surface area (Å²) in [5.74, 6) is -0.254. The molecule has 4 rings (SSSR count). The van der Waals surface area contributed by atoms with Crippen molar-refractivity contribution in [3.05, 3.63) is 59.7 Å². The van der Waals surface area contributed by atoms with Gasteiger partial charge in [-0.15, -0.1) is 0 Å². The van der Waals surface area contributed by atoms with Crippen LogP contribution in [0.15, 0.2) is 48.5 Å². The van der Waals surface area contributed by atoms with Crippen molar-refractivity contribution in [1.82, 2.24) is 4.90 Å². The fourth-order valence-corrected chi connectivity index (χ4v) is 5.07. The fourth-order valence-electron chi connectivity index (χ4n) is 5.07. The van der Waals surface area contributed by atoms with E-state index in [9.17, 15) is 14.7 Å². The van der Waals surface area contributed by atoms with Crippen molar-refractivity contribution in [3.63, 3.8) is 0 Å². The second-order valence-electron chi connectivity index (χ2n) is 8.80. The van der Waals surface area contributed by atoms with Crippen molar-refractivity contribution >= 4 is 12.1 Å². The average Bonchev–Trinajstić information content (AvgIpc) is 3.01. The van der Waals surface area contributed by atoms with E-state index in [2.05, 4.69) is 38.1 Å². The second kappa shape index (κ2) is 7.78. The summed E-state index contributed by atoms with van der Waals surface area (Å²) in [7, 11) is 0. The van der Waals surface area contributed by atoms with Gasteiger partial charge in [0.1, 0.15) is 12.1 Å². The highest BCUT2D eigenvalue weighted by Gasteiger charge is 2.56. The van der Waals surface area contributed by atoms with Gasteiger partial charge in [0.15, 0.2) is 0 Å². The van der Waals surface area contributed by atoms with Crippen molar-refractivity contribution in [1.29, 1.82) is 0 Å². The lowest BCUT2D eigenvalue weighted by Crippen LogP contribution is -2.65. The van der Waals surface area contributed by atoms with Crippen LogP contribution in [-0.4, -0.2) is 40.8 Å². The third kappa shape index (κ3) is 3.17. The van der Waals surface area contributed by atoms with E-state index < -0.39 is 17.6 Å². The number of rotatable bonds is 6. The van der Waals surface area contributed by atoms with E-state index in [4.69, 9.17) is 4.74 Å². The van der Waals surface area contributed by atoms with Crippen molar-refractivity contribution in [2.45, 2.75) is 45.1 Å². The zero-order valence-corrected chi connectivity index (χ0v) is 17.8. The van der Waals surface area contributed by atoms with Gasteiger partial charge >= 0.3 is 12.1 Å². The Bertz CT molecular complexity index is 916. The van der Waals surface area contributed by atoms with Gasteiger partial charge in [0.2, 0.25) is 0 Å². The van der Waals surface area contributed by atoms with Crippen LogP contribution < -0.4 is 0 Å². The summed E-state index contributed by atoms with van der Waals surface area (Å²) in [6, 6.07) is 16.4. The van der Waals surface area contributed by atoms with E-state index in [1.54, 1.807) is 0 Å². The van der Waals surface area contributed by atoms with E-state index in [0.29, 0.717) is 31.2 Å². The molecular weight excluding hydrogens is 378 g/mol. The van der Waals surface area contributed by atoms with Gasteiger partial charge in [0.05, 0.1) is 0 Å². The smallest absolute Gasteiger partial charge is 0.410 e. The number of carbonyl (C=O) groups excluding carboxylic acids is 1. The molecule has 2 aliphatic carbocycles.